The number of hydrogen-bond donors (Lipinski definition) is 2. The van der Waals surface area contributed by atoms with E-state index >= 15 is 0 Å². The van der Waals surface area contributed by atoms with Crippen LogP contribution in [0, 0.1) is 0 Å². The number of hydrogen-bond acceptors (Lipinski definition) is 5. The van der Waals surface area contributed by atoms with Crippen molar-refractivity contribution in [2.45, 2.75) is 29.5 Å². The molecule has 1 heterocycles. The van der Waals surface area contributed by atoms with Gasteiger partial charge in [-0.3, -0.25) is 4.79 Å². The minimum absolute atomic E-state index is 0.0289. The maximum Gasteiger partial charge on any atom is 0.252 e. The Balaban J connectivity index is 1.55. The van der Waals surface area contributed by atoms with Crippen LogP contribution in [0.4, 0.5) is 0 Å². The molecule has 5 nitrogen and oxygen atoms in total. The molecule has 0 aliphatic heterocycles. The van der Waals surface area contributed by atoms with E-state index in [4.69, 9.17) is 0 Å². The normalized spacial score (nSPS) is 14.3. The third-order valence-corrected chi connectivity index (χ3v) is 7.74. The van der Waals surface area contributed by atoms with Gasteiger partial charge in [0.15, 0.2) is 0 Å². The Morgan fingerprint density at radius 2 is 2.12 bits per heavy atom. The van der Waals surface area contributed by atoms with E-state index in [1.165, 1.54) is 17.7 Å². The highest BCUT2D eigenvalue weighted by molar-refractivity contribution is 9.10. The van der Waals surface area contributed by atoms with Gasteiger partial charge in [0.05, 0.1) is 10.5 Å². The molecule has 1 aromatic carbocycles. The van der Waals surface area contributed by atoms with Gasteiger partial charge in [0, 0.05) is 28.6 Å². The predicted molar refractivity (Wildman–Crippen MR) is 110 cm³/mol. The monoisotopic (exact) mass is 474 g/mol. The molecule has 1 aliphatic rings. The number of thioether (sulfide) groups is 1. The summed E-state index contributed by atoms with van der Waals surface area (Å²) in [7, 11) is -3.58. The van der Waals surface area contributed by atoms with Gasteiger partial charge in [0.25, 0.3) is 5.91 Å². The van der Waals surface area contributed by atoms with E-state index < -0.39 is 10.0 Å². The van der Waals surface area contributed by atoms with Crippen molar-refractivity contribution in [3.8, 4) is 0 Å². The SMILES string of the molecule is O=C(NCCSCc1ccsc1)c1cc(S(=O)(=O)NC2CC2)ccc1Br. The molecule has 0 saturated heterocycles. The fourth-order valence-corrected chi connectivity index (χ4v) is 5.57. The third kappa shape index (κ3) is 5.56. The van der Waals surface area contributed by atoms with Crippen molar-refractivity contribution in [1.82, 2.24) is 10.0 Å². The van der Waals surface area contributed by atoms with Crippen LogP contribution in [-0.2, 0) is 15.8 Å². The second kappa shape index (κ2) is 8.88. The highest BCUT2D eigenvalue weighted by Gasteiger charge is 2.28. The van der Waals surface area contributed by atoms with Crippen LogP contribution in [0.25, 0.3) is 0 Å². The molecule has 1 saturated carbocycles. The minimum atomic E-state index is -3.58. The van der Waals surface area contributed by atoms with E-state index in [1.807, 2.05) is 5.38 Å². The average Bonchev–Trinajstić information content (AvgIpc) is 3.24. The van der Waals surface area contributed by atoms with E-state index in [1.54, 1.807) is 29.2 Å². The van der Waals surface area contributed by atoms with Crippen molar-refractivity contribution in [3.63, 3.8) is 0 Å². The van der Waals surface area contributed by atoms with Gasteiger partial charge in [-0.25, -0.2) is 13.1 Å². The van der Waals surface area contributed by atoms with Gasteiger partial charge in [-0.05, 0) is 69.4 Å². The van der Waals surface area contributed by atoms with Gasteiger partial charge in [0.1, 0.15) is 0 Å². The second-order valence-electron chi connectivity index (χ2n) is 5.98. The number of carbonyl (C=O) groups is 1. The summed E-state index contributed by atoms with van der Waals surface area (Å²) in [5, 5.41) is 7.01. The Kier molecular flexibility index (Phi) is 6.79. The molecule has 2 N–H and O–H groups in total. The van der Waals surface area contributed by atoms with E-state index in [-0.39, 0.29) is 16.8 Å². The van der Waals surface area contributed by atoms with Crippen LogP contribution in [0.3, 0.4) is 0 Å². The maximum atomic E-state index is 12.4. The van der Waals surface area contributed by atoms with Gasteiger partial charge in [-0.15, -0.1) is 0 Å². The third-order valence-electron chi connectivity index (χ3n) is 3.77. The molecule has 0 unspecified atom stereocenters. The molecule has 26 heavy (non-hydrogen) atoms. The zero-order chi connectivity index (χ0) is 18.6. The summed E-state index contributed by atoms with van der Waals surface area (Å²) in [6.45, 7) is 0.525. The minimum Gasteiger partial charge on any atom is -0.351 e. The van der Waals surface area contributed by atoms with E-state index in [9.17, 15) is 13.2 Å². The smallest absolute Gasteiger partial charge is 0.252 e. The fraction of sp³-hybridized carbons (Fsp3) is 0.353. The van der Waals surface area contributed by atoms with E-state index in [0.717, 1.165) is 24.3 Å². The van der Waals surface area contributed by atoms with E-state index in [0.29, 0.717) is 16.6 Å². The molecule has 0 bridgehead atoms. The Hall–Kier alpha value is -0.870. The summed E-state index contributed by atoms with van der Waals surface area (Å²) in [5.41, 5.74) is 1.61. The Bertz CT molecular complexity index is 865. The van der Waals surface area contributed by atoms with Crippen LogP contribution in [0.1, 0.15) is 28.8 Å². The van der Waals surface area contributed by atoms with Crippen LogP contribution < -0.4 is 10.0 Å². The van der Waals surface area contributed by atoms with Crippen molar-refractivity contribution < 1.29 is 13.2 Å². The molecular weight excluding hydrogens is 456 g/mol. The number of carbonyl (C=O) groups excluding carboxylic acids is 1. The van der Waals surface area contributed by atoms with Crippen LogP contribution in [-0.4, -0.2) is 32.7 Å². The number of amides is 1. The number of sulfonamides is 1. The van der Waals surface area contributed by atoms with Crippen molar-refractivity contribution in [1.29, 1.82) is 0 Å². The van der Waals surface area contributed by atoms with Crippen LogP contribution in [0.2, 0.25) is 0 Å². The summed E-state index contributed by atoms with van der Waals surface area (Å²) in [4.78, 5) is 12.5. The molecule has 9 heteroatoms. The lowest BCUT2D eigenvalue weighted by Gasteiger charge is -2.10. The molecule has 0 atom stereocenters. The van der Waals surface area contributed by atoms with Gasteiger partial charge in [-0.2, -0.15) is 23.1 Å². The maximum absolute atomic E-state index is 12.4. The van der Waals surface area contributed by atoms with Crippen LogP contribution in [0.5, 0.6) is 0 Å². The molecule has 140 valence electrons. The van der Waals surface area contributed by atoms with Gasteiger partial charge < -0.3 is 5.32 Å². The molecule has 2 aromatic rings. The lowest BCUT2D eigenvalue weighted by Crippen LogP contribution is -2.28. The number of thiophene rings is 1. The highest BCUT2D eigenvalue weighted by Crippen LogP contribution is 2.25. The van der Waals surface area contributed by atoms with Crippen molar-refractivity contribution in [2.75, 3.05) is 12.3 Å². The zero-order valence-electron chi connectivity index (χ0n) is 13.9. The molecule has 0 spiro atoms. The number of rotatable bonds is 9. The number of benzene rings is 1. The molecule has 3 rings (SSSR count). The summed E-state index contributed by atoms with van der Waals surface area (Å²) in [5.74, 6) is 1.43. The number of halogens is 1. The van der Waals surface area contributed by atoms with Crippen molar-refractivity contribution >= 4 is 55.0 Å². The Morgan fingerprint density at radius 1 is 1.31 bits per heavy atom. The highest BCUT2D eigenvalue weighted by atomic mass is 79.9. The summed E-state index contributed by atoms with van der Waals surface area (Å²) >= 11 is 6.75. The first-order chi connectivity index (χ1) is 12.5. The van der Waals surface area contributed by atoms with Crippen molar-refractivity contribution in [2.24, 2.45) is 0 Å². The first kappa shape index (κ1) is 19.9. The molecule has 1 amide bonds. The lowest BCUT2D eigenvalue weighted by molar-refractivity contribution is 0.0955. The largest absolute Gasteiger partial charge is 0.351 e. The van der Waals surface area contributed by atoms with Crippen LogP contribution >= 0.6 is 39.0 Å². The zero-order valence-corrected chi connectivity index (χ0v) is 17.9. The molecular formula is C17H19BrN2O3S3. The molecule has 1 aliphatic carbocycles. The van der Waals surface area contributed by atoms with Crippen LogP contribution in [0.15, 0.2) is 44.4 Å². The van der Waals surface area contributed by atoms with E-state index in [2.05, 4.69) is 37.4 Å². The molecule has 1 aromatic heterocycles. The van der Waals surface area contributed by atoms with Gasteiger partial charge in [-0.1, -0.05) is 0 Å². The summed E-state index contributed by atoms with van der Waals surface area (Å²) in [6, 6.07) is 6.64. The van der Waals surface area contributed by atoms with Crippen molar-refractivity contribution in [3.05, 3.63) is 50.6 Å². The summed E-state index contributed by atoms with van der Waals surface area (Å²) in [6.07, 6.45) is 1.73. The fourth-order valence-electron chi connectivity index (χ4n) is 2.23. The number of nitrogens with one attached hydrogen (secondary N) is 2. The topological polar surface area (TPSA) is 75.3 Å². The predicted octanol–water partition coefficient (Wildman–Crippen LogP) is 3.61. The Labute approximate surface area is 170 Å². The summed E-state index contributed by atoms with van der Waals surface area (Å²) < 4.78 is 27.8. The standard InChI is InChI=1S/C17H19BrN2O3S3/c18-16-4-3-14(26(22,23)20-13-1-2-13)9-15(16)17(21)19-6-8-25-11-12-5-7-24-10-12/h3-5,7,9-10,13,20H,1-2,6,8,11H2,(H,19,21). The second-order valence-corrected chi connectivity index (χ2v) is 10.4. The van der Waals surface area contributed by atoms with Gasteiger partial charge in [0.2, 0.25) is 10.0 Å². The molecule has 0 radical (unpaired) electrons. The first-order valence-electron chi connectivity index (χ1n) is 8.14. The average molecular weight is 475 g/mol. The van der Waals surface area contributed by atoms with Gasteiger partial charge >= 0.3 is 0 Å². The first-order valence-corrected chi connectivity index (χ1v) is 12.5. The molecule has 1 fully saturated rings. The quantitative estimate of drug-likeness (QED) is 0.544. The lowest BCUT2D eigenvalue weighted by atomic mass is 10.2. The Morgan fingerprint density at radius 3 is 2.81 bits per heavy atom.